The maximum atomic E-state index is 10.9. The second kappa shape index (κ2) is 4.43. The van der Waals surface area contributed by atoms with Crippen LogP contribution in [0.15, 0.2) is 35.1 Å². The second-order valence-electron chi connectivity index (χ2n) is 3.03. The number of furan rings is 1. The third-order valence-electron chi connectivity index (χ3n) is 1.96. The third kappa shape index (κ3) is 2.17. The maximum Gasteiger partial charge on any atom is 0.339 e. The Balaban J connectivity index is 2.12. The lowest BCUT2D eigenvalue weighted by Crippen LogP contribution is -2.08. The van der Waals surface area contributed by atoms with Gasteiger partial charge in [-0.3, -0.25) is 0 Å². The first-order valence-corrected chi connectivity index (χ1v) is 4.58. The predicted octanol–water partition coefficient (Wildman–Crippen LogP) is 1.38. The molecule has 0 atom stereocenters. The summed E-state index contributed by atoms with van der Waals surface area (Å²) < 4.78 is 5.10. The molecule has 6 heteroatoms. The minimum atomic E-state index is -1.04. The van der Waals surface area contributed by atoms with Gasteiger partial charge < -0.3 is 14.8 Å². The number of aromatic nitrogens is 2. The first-order valence-electron chi connectivity index (χ1n) is 4.58. The van der Waals surface area contributed by atoms with E-state index in [1.54, 1.807) is 18.4 Å². The molecule has 0 unspecified atom stereocenters. The van der Waals surface area contributed by atoms with Gasteiger partial charge in [0.1, 0.15) is 11.3 Å². The van der Waals surface area contributed by atoms with Crippen molar-refractivity contribution in [2.75, 3.05) is 5.32 Å². The Morgan fingerprint density at radius 2 is 2.38 bits per heavy atom. The van der Waals surface area contributed by atoms with E-state index in [4.69, 9.17) is 9.52 Å². The van der Waals surface area contributed by atoms with Crippen LogP contribution in [0.5, 0.6) is 0 Å². The maximum absolute atomic E-state index is 10.9. The summed E-state index contributed by atoms with van der Waals surface area (Å²) in [4.78, 5) is 10.9. The molecular formula is C10H9N3O3. The molecule has 0 aromatic carbocycles. The van der Waals surface area contributed by atoms with Crippen LogP contribution in [0.2, 0.25) is 0 Å². The number of rotatable bonds is 4. The van der Waals surface area contributed by atoms with Crippen molar-refractivity contribution in [1.82, 2.24) is 10.2 Å². The SMILES string of the molecule is O=C(O)c1ccnnc1NCc1ccco1. The quantitative estimate of drug-likeness (QED) is 0.807. The monoisotopic (exact) mass is 219 g/mol. The number of aromatic carboxylic acids is 1. The fraction of sp³-hybridized carbons (Fsp3) is 0.100. The van der Waals surface area contributed by atoms with E-state index in [0.717, 1.165) is 0 Å². The van der Waals surface area contributed by atoms with Crippen molar-refractivity contribution in [3.05, 3.63) is 42.0 Å². The summed E-state index contributed by atoms with van der Waals surface area (Å²) in [5.41, 5.74) is 0.0848. The molecule has 0 bridgehead atoms. The molecule has 0 aliphatic rings. The molecule has 2 heterocycles. The zero-order valence-corrected chi connectivity index (χ0v) is 8.25. The van der Waals surface area contributed by atoms with Crippen LogP contribution < -0.4 is 5.32 Å². The Morgan fingerprint density at radius 3 is 3.06 bits per heavy atom. The lowest BCUT2D eigenvalue weighted by molar-refractivity contribution is 0.0697. The highest BCUT2D eigenvalue weighted by molar-refractivity contribution is 5.92. The largest absolute Gasteiger partial charge is 0.478 e. The molecule has 0 aliphatic heterocycles. The van der Waals surface area contributed by atoms with Crippen LogP contribution in [0.4, 0.5) is 5.82 Å². The third-order valence-corrected chi connectivity index (χ3v) is 1.96. The molecule has 2 N–H and O–H groups in total. The molecule has 2 aromatic rings. The lowest BCUT2D eigenvalue weighted by atomic mass is 10.3. The number of nitrogens with one attached hydrogen (secondary N) is 1. The number of carbonyl (C=O) groups is 1. The zero-order valence-electron chi connectivity index (χ0n) is 8.25. The molecule has 0 saturated heterocycles. The molecule has 16 heavy (non-hydrogen) atoms. The van der Waals surface area contributed by atoms with Crippen molar-refractivity contribution >= 4 is 11.8 Å². The number of carboxylic acids is 1. The average Bonchev–Trinajstić information content (AvgIpc) is 2.79. The number of hydrogen-bond donors (Lipinski definition) is 2. The number of nitrogens with zero attached hydrogens (tertiary/aromatic N) is 2. The minimum Gasteiger partial charge on any atom is -0.478 e. The van der Waals surface area contributed by atoms with Crippen LogP contribution >= 0.6 is 0 Å². The Hall–Kier alpha value is -2.37. The Morgan fingerprint density at radius 1 is 1.50 bits per heavy atom. The summed E-state index contributed by atoms with van der Waals surface area (Å²) in [5.74, 6) is -0.120. The normalized spacial score (nSPS) is 10.0. The predicted molar refractivity (Wildman–Crippen MR) is 55.0 cm³/mol. The molecule has 0 fully saturated rings. The van der Waals surface area contributed by atoms with E-state index in [0.29, 0.717) is 12.3 Å². The van der Waals surface area contributed by atoms with Gasteiger partial charge in [-0.1, -0.05) is 0 Å². The standard InChI is InChI=1S/C10H9N3O3/c14-10(15)8-3-4-12-13-9(8)11-6-7-2-1-5-16-7/h1-5H,6H2,(H,11,13)(H,14,15). The van der Waals surface area contributed by atoms with Crippen molar-refractivity contribution < 1.29 is 14.3 Å². The van der Waals surface area contributed by atoms with Gasteiger partial charge in [-0.05, 0) is 18.2 Å². The lowest BCUT2D eigenvalue weighted by Gasteiger charge is -2.05. The van der Waals surface area contributed by atoms with E-state index in [1.165, 1.54) is 12.3 Å². The molecule has 2 rings (SSSR count). The molecule has 0 aliphatic carbocycles. The highest BCUT2D eigenvalue weighted by Crippen LogP contribution is 2.11. The van der Waals surface area contributed by atoms with Gasteiger partial charge in [0.25, 0.3) is 0 Å². The van der Waals surface area contributed by atoms with E-state index >= 15 is 0 Å². The van der Waals surface area contributed by atoms with E-state index < -0.39 is 5.97 Å². The van der Waals surface area contributed by atoms with Gasteiger partial charge in [-0.25, -0.2) is 4.79 Å². The van der Waals surface area contributed by atoms with Gasteiger partial charge in [0, 0.05) is 0 Å². The van der Waals surface area contributed by atoms with Crippen LogP contribution in [0, 0.1) is 0 Å². The van der Waals surface area contributed by atoms with Crippen molar-refractivity contribution in [2.45, 2.75) is 6.54 Å². The fourth-order valence-electron chi connectivity index (χ4n) is 1.22. The fourth-order valence-corrected chi connectivity index (χ4v) is 1.22. The summed E-state index contributed by atoms with van der Waals surface area (Å²) in [6.07, 6.45) is 2.88. The topological polar surface area (TPSA) is 88.2 Å². The minimum absolute atomic E-state index is 0.0848. The Labute approximate surface area is 90.9 Å². The van der Waals surface area contributed by atoms with E-state index in [9.17, 15) is 4.79 Å². The highest BCUT2D eigenvalue weighted by atomic mass is 16.4. The van der Waals surface area contributed by atoms with Gasteiger partial charge in [0.05, 0.1) is 19.0 Å². The highest BCUT2D eigenvalue weighted by Gasteiger charge is 2.10. The van der Waals surface area contributed by atoms with Gasteiger partial charge in [-0.15, -0.1) is 5.10 Å². The second-order valence-corrected chi connectivity index (χ2v) is 3.03. The average molecular weight is 219 g/mol. The van der Waals surface area contributed by atoms with Crippen LogP contribution in [0.25, 0.3) is 0 Å². The summed E-state index contributed by atoms with van der Waals surface area (Å²) in [7, 11) is 0. The first-order chi connectivity index (χ1) is 7.77. The molecule has 6 nitrogen and oxygen atoms in total. The molecule has 0 amide bonds. The van der Waals surface area contributed by atoms with Gasteiger partial charge in [0.2, 0.25) is 0 Å². The van der Waals surface area contributed by atoms with Crippen molar-refractivity contribution in [3.8, 4) is 0 Å². The van der Waals surface area contributed by atoms with Gasteiger partial charge in [0.15, 0.2) is 5.82 Å². The first kappa shape index (κ1) is 10.2. The van der Waals surface area contributed by atoms with Crippen molar-refractivity contribution in [1.29, 1.82) is 0 Å². The zero-order chi connectivity index (χ0) is 11.4. The van der Waals surface area contributed by atoms with Crippen LogP contribution in [-0.2, 0) is 6.54 Å². The summed E-state index contributed by atoms with van der Waals surface area (Å²) in [6.45, 7) is 0.367. The van der Waals surface area contributed by atoms with E-state index in [2.05, 4.69) is 15.5 Å². The molecule has 0 spiro atoms. The van der Waals surface area contributed by atoms with Crippen LogP contribution in [0.1, 0.15) is 16.1 Å². The van der Waals surface area contributed by atoms with Gasteiger partial charge in [-0.2, -0.15) is 5.10 Å². The molecule has 0 saturated carbocycles. The molecule has 2 aromatic heterocycles. The van der Waals surface area contributed by atoms with Crippen LogP contribution in [-0.4, -0.2) is 21.3 Å². The van der Waals surface area contributed by atoms with E-state index in [1.807, 2.05) is 0 Å². The summed E-state index contributed by atoms with van der Waals surface area (Å²) in [5, 5.41) is 19.1. The van der Waals surface area contributed by atoms with E-state index in [-0.39, 0.29) is 11.4 Å². The van der Waals surface area contributed by atoms with Gasteiger partial charge >= 0.3 is 5.97 Å². The van der Waals surface area contributed by atoms with Crippen LogP contribution in [0.3, 0.4) is 0 Å². The number of hydrogen-bond acceptors (Lipinski definition) is 5. The molecule has 82 valence electrons. The Bertz CT molecular complexity index is 482. The number of anilines is 1. The summed E-state index contributed by atoms with van der Waals surface area (Å²) >= 11 is 0. The Kier molecular flexibility index (Phi) is 2.81. The smallest absolute Gasteiger partial charge is 0.339 e. The molecule has 0 radical (unpaired) electrons. The van der Waals surface area contributed by atoms with Crippen molar-refractivity contribution in [3.63, 3.8) is 0 Å². The molecular weight excluding hydrogens is 210 g/mol. The summed E-state index contributed by atoms with van der Waals surface area (Å²) in [6, 6.07) is 4.93. The van der Waals surface area contributed by atoms with Crippen molar-refractivity contribution in [2.24, 2.45) is 0 Å². The number of carboxylic acid groups (broad SMARTS) is 1.